The number of nitrogens with two attached hydrogens (primary N) is 1. The molecule has 1 saturated carbocycles. The molecule has 0 spiro atoms. The largest absolute Gasteiger partial charge is 0.339 e. The summed E-state index contributed by atoms with van der Waals surface area (Å²) >= 11 is 0. The van der Waals surface area contributed by atoms with Gasteiger partial charge in [0.05, 0.1) is 6.54 Å². The summed E-state index contributed by atoms with van der Waals surface area (Å²) in [6, 6.07) is 0. The van der Waals surface area contributed by atoms with Crippen molar-refractivity contribution in [2.24, 2.45) is 11.7 Å². The minimum atomic E-state index is 0.446. The lowest BCUT2D eigenvalue weighted by molar-refractivity contribution is 0.272. The van der Waals surface area contributed by atoms with Gasteiger partial charge in [0, 0.05) is 5.92 Å². The molecule has 2 N–H and O–H groups in total. The van der Waals surface area contributed by atoms with E-state index in [1.807, 2.05) is 19.0 Å². The van der Waals surface area contributed by atoms with E-state index in [0.717, 1.165) is 37.6 Å². The van der Waals surface area contributed by atoms with E-state index in [0.29, 0.717) is 11.8 Å². The van der Waals surface area contributed by atoms with Gasteiger partial charge in [-0.2, -0.15) is 4.98 Å². The van der Waals surface area contributed by atoms with Crippen LogP contribution in [-0.4, -0.2) is 35.7 Å². The molecule has 0 amide bonds. The number of aromatic nitrogens is 2. The van der Waals surface area contributed by atoms with Gasteiger partial charge >= 0.3 is 0 Å². The van der Waals surface area contributed by atoms with Crippen molar-refractivity contribution >= 4 is 0 Å². The molecular weight excluding hydrogens is 216 g/mol. The van der Waals surface area contributed by atoms with Crippen LogP contribution in [-0.2, 0) is 6.54 Å². The first-order valence-electron chi connectivity index (χ1n) is 6.36. The second-order valence-electron chi connectivity index (χ2n) is 5.24. The van der Waals surface area contributed by atoms with Gasteiger partial charge in [0.2, 0.25) is 5.89 Å². The Labute approximate surface area is 102 Å². The molecule has 1 aliphatic carbocycles. The molecule has 1 heterocycles. The molecule has 5 nitrogen and oxygen atoms in total. The van der Waals surface area contributed by atoms with Crippen LogP contribution in [0.5, 0.6) is 0 Å². The lowest BCUT2D eigenvalue weighted by Crippen LogP contribution is -2.20. The Kier molecular flexibility index (Phi) is 4.12. The third-order valence-corrected chi connectivity index (χ3v) is 3.47. The Morgan fingerprint density at radius 2 is 2.00 bits per heavy atom. The van der Waals surface area contributed by atoms with Crippen LogP contribution >= 0.6 is 0 Å². The summed E-state index contributed by atoms with van der Waals surface area (Å²) in [6.07, 6.45) is 4.63. The summed E-state index contributed by atoms with van der Waals surface area (Å²) in [5.74, 6) is 2.74. The Morgan fingerprint density at radius 1 is 1.29 bits per heavy atom. The van der Waals surface area contributed by atoms with Gasteiger partial charge in [0.15, 0.2) is 5.82 Å². The first kappa shape index (κ1) is 12.5. The molecule has 0 radical (unpaired) electrons. The Hall–Kier alpha value is -0.940. The number of hydrogen-bond acceptors (Lipinski definition) is 5. The van der Waals surface area contributed by atoms with Gasteiger partial charge in [0.25, 0.3) is 0 Å². The highest BCUT2D eigenvalue weighted by Crippen LogP contribution is 2.34. The van der Waals surface area contributed by atoms with Crippen LogP contribution in [0.25, 0.3) is 0 Å². The fourth-order valence-electron chi connectivity index (χ4n) is 2.43. The highest BCUT2D eigenvalue weighted by molar-refractivity contribution is 4.96. The maximum absolute atomic E-state index is 5.69. The molecule has 1 aliphatic rings. The lowest BCUT2D eigenvalue weighted by Gasteiger charge is -2.24. The minimum absolute atomic E-state index is 0.446. The van der Waals surface area contributed by atoms with E-state index in [1.165, 1.54) is 12.8 Å². The van der Waals surface area contributed by atoms with Gasteiger partial charge in [-0.3, -0.25) is 0 Å². The van der Waals surface area contributed by atoms with Gasteiger partial charge in [-0.15, -0.1) is 0 Å². The van der Waals surface area contributed by atoms with Gasteiger partial charge in [-0.1, -0.05) is 5.16 Å². The molecule has 5 heteroatoms. The minimum Gasteiger partial charge on any atom is -0.339 e. The summed E-state index contributed by atoms with van der Waals surface area (Å²) in [7, 11) is 4.00. The van der Waals surface area contributed by atoms with Crippen LogP contribution in [0.3, 0.4) is 0 Å². The SMILES string of the molecule is CN(C)Cc1noc(C2CCC(CN)CC2)n1. The van der Waals surface area contributed by atoms with E-state index in [9.17, 15) is 0 Å². The monoisotopic (exact) mass is 238 g/mol. The Balaban J connectivity index is 1.92. The quantitative estimate of drug-likeness (QED) is 0.858. The fourth-order valence-corrected chi connectivity index (χ4v) is 2.43. The van der Waals surface area contributed by atoms with Crippen molar-refractivity contribution in [2.45, 2.75) is 38.1 Å². The molecule has 0 atom stereocenters. The van der Waals surface area contributed by atoms with E-state index in [2.05, 4.69) is 10.1 Å². The van der Waals surface area contributed by atoms with Gasteiger partial charge in [0.1, 0.15) is 0 Å². The van der Waals surface area contributed by atoms with Gasteiger partial charge < -0.3 is 15.2 Å². The zero-order valence-electron chi connectivity index (χ0n) is 10.7. The van der Waals surface area contributed by atoms with Crippen molar-refractivity contribution in [1.82, 2.24) is 15.0 Å². The molecule has 17 heavy (non-hydrogen) atoms. The number of nitrogens with zero attached hydrogens (tertiary/aromatic N) is 3. The topological polar surface area (TPSA) is 68.2 Å². The van der Waals surface area contributed by atoms with E-state index >= 15 is 0 Å². The van der Waals surface area contributed by atoms with Crippen molar-refractivity contribution in [3.05, 3.63) is 11.7 Å². The molecule has 0 aliphatic heterocycles. The maximum atomic E-state index is 5.69. The van der Waals surface area contributed by atoms with Crippen LogP contribution in [0.2, 0.25) is 0 Å². The van der Waals surface area contributed by atoms with E-state index in [1.54, 1.807) is 0 Å². The highest BCUT2D eigenvalue weighted by Gasteiger charge is 2.25. The summed E-state index contributed by atoms with van der Waals surface area (Å²) in [4.78, 5) is 6.52. The summed E-state index contributed by atoms with van der Waals surface area (Å²) in [6.45, 7) is 1.55. The Bertz CT molecular complexity index is 342. The second kappa shape index (κ2) is 5.60. The third kappa shape index (κ3) is 3.26. The summed E-state index contributed by atoms with van der Waals surface area (Å²) in [5.41, 5.74) is 5.69. The van der Waals surface area contributed by atoms with E-state index < -0.39 is 0 Å². The second-order valence-corrected chi connectivity index (χ2v) is 5.24. The molecule has 0 bridgehead atoms. The molecule has 1 fully saturated rings. The van der Waals surface area contributed by atoms with Crippen molar-refractivity contribution in [1.29, 1.82) is 0 Å². The number of rotatable bonds is 4. The van der Waals surface area contributed by atoms with E-state index in [4.69, 9.17) is 10.3 Å². The fraction of sp³-hybridized carbons (Fsp3) is 0.833. The lowest BCUT2D eigenvalue weighted by atomic mass is 9.82. The molecule has 0 aromatic carbocycles. The third-order valence-electron chi connectivity index (χ3n) is 3.47. The average molecular weight is 238 g/mol. The maximum Gasteiger partial charge on any atom is 0.229 e. The van der Waals surface area contributed by atoms with Crippen molar-refractivity contribution < 1.29 is 4.52 Å². The molecule has 1 aromatic rings. The van der Waals surface area contributed by atoms with Crippen LogP contribution in [0.1, 0.15) is 43.3 Å². The summed E-state index contributed by atoms with van der Waals surface area (Å²) < 4.78 is 5.35. The molecule has 0 saturated heterocycles. The first-order valence-corrected chi connectivity index (χ1v) is 6.36. The number of hydrogen-bond donors (Lipinski definition) is 1. The van der Waals surface area contributed by atoms with Crippen LogP contribution in [0.4, 0.5) is 0 Å². The zero-order valence-corrected chi connectivity index (χ0v) is 10.7. The molecular formula is C12H22N4O. The zero-order chi connectivity index (χ0) is 12.3. The van der Waals surface area contributed by atoms with Crippen molar-refractivity contribution in [3.8, 4) is 0 Å². The predicted molar refractivity (Wildman–Crippen MR) is 65.4 cm³/mol. The molecule has 0 unspecified atom stereocenters. The predicted octanol–water partition coefficient (Wildman–Crippen LogP) is 1.36. The highest BCUT2D eigenvalue weighted by atomic mass is 16.5. The van der Waals surface area contributed by atoms with Crippen molar-refractivity contribution in [2.75, 3.05) is 20.6 Å². The van der Waals surface area contributed by atoms with Crippen LogP contribution < -0.4 is 5.73 Å². The Morgan fingerprint density at radius 3 is 2.59 bits per heavy atom. The standard InChI is InChI=1S/C12H22N4O/c1-16(2)8-11-14-12(17-15-11)10-5-3-9(7-13)4-6-10/h9-10H,3-8,13H2,1-2H3. The normalized spacial score (nSPS) is 25.4. The van der Waals surface area contributed by atoms with Gasteiger partial charge in [-0.25, -0.2) is 0 Å². The van der Waals surface area contributed by atoms with Crippen LogP contribution in [0.15, 0.2) is 4.52 Å². The van der Waals surface area contributed by atoms with E-state index in [-0.39, 0.29) is 0 Å². The first-order chi connectivity index (χ1) is 8.19. The van der Waals surface area contributed by atoms with Crippen LogP contribution in [0, 0.1) is 5.92 Å². The van der Waals surface area contributed by atoms with Gasteiger partial charge in [-0.05, 0) is 52.2 Å². The smallest absolute Gasteiger partial charge is 0.229 e. The van der Waals surface area contributed by atoms with Crippen molar-refractivity contribution in [3.63, 3.8) is 0 Å². The molecule has 96 valence electrons. The average Bonchev–Trinajstić information content (AvgIpc) is 2.77. The molecule has 2 rings (SSSR count). The molecule has 1 aromatic heterocycles. The summed E-state index contributed by atoms with van der Waals surface area (Å²) in [5, 5.41) is 4.02.